The minimum absolute atomic E-state index is 0.102. The summed E-state index contributed by atoms with van der Waals surface area (Å²) in [6.07, 6.45) is 1.48. The summed E-state index contributed by atoms with van der Waals surface area (Å²) in [4.78, 5) is 29.6. The lowest BCUT2D eigenvalue weighted by Gasteiger charge is -2.20. The molecule has 3 rings (SSSR count). The Kier molecular flexibility index (Phi) is 5.54. The molecule has 6 heteroatoms. The van der Waals surface area contributed by atoms with Crippen LogP contribution in [0.1, 0.15) is 46.9 Å². The molecular weight excluding hydrogens is 344 g/mol. The van der Waals surface area contributed by atoms with Gasteiger partial charge in [0, 0.05) is 30.4 Å². The van der Waals surface area contributed by atoms with Crippen LogP contribution in [0.3, 0.4) is 0 Å². The Hall–Kier alpha value is -2.76. The highest BCUT2D eigenvalue weighted by atomic mass is 16.5. The molecule has 144 valence electrons. The number of carbonyl (C=O) groups is 1. The van der Waals surface area contributed by atoms with Gasteiger partial charge in [-0.1, -0.05) is 13.8 Å². The van der Waals surface area contributed by atoms with Crippen LogP contribution in [-0.2, 0) is 12.8 Å². The second kappa shape index (κ2) is 7.86. The van der Waals surface area contributed by atoms with Gasteiger partial charge in [-0.15, -0.1) is 0 Å². The molecule has 2 aromatic rings. The first-order valence-corrected chi connectivity index (χ1v) is 9.20. The number of aromatic nitrogens is 1. The number of fused-ring (bicyclic) bond motifs is 1. The summed E-state index contributed by atoms with van der Waals surface area (Å²) in [6, 6.07) is 7.16. The predicted molar refractivity (Wildman–Crippen MR) is 104 cm³/mol. The molecule has 0 aliphatic carbocycles. The lowest BCUT2D eigenvalue weighted by molar-refractivity contribution is 0.0762. The maximum absolute atomic E-state index is 13.0. The number of benzene rings is 1. The van der Waals surface area contributed by atoms with Crippen molar-refractivity contribution >= 4 is 5.91 Å². The average molecular weight is 370 g/mol. The molecule has 0 radical (unpaired) electrons. The van der Waals surface area contributed by atoms with Crippen LogP contribution in [0.5, 0.6) is 11.5 Å². The smallest absolute Gasteiger partial charge is 0.254 e. The molecule has 0 saturated heterocycles. The quantitative estimate of drug-likeness (QED) is 0.898. The minimum Gasteiger partial charge on any atom is -0.493 e. The molecular formula is C21H26N2O4. The van der Waals surface area contributed by atoms with E-state index in [2.05, 4.69) is 4.98 Å². The standard InChI is InChI=1S/C21H26N2O4/c1-13(2)17-9-16(12-20(24)22-17)21(25)23-7-5-14-10-18(26-3)19(27-4)11-15(14)6-8-23/h9-13H,5-8H2,1-4H3,(H,22,24). The van der Waals surface area contributed by atoms with Crippen LogP contribution in [0.25, 0.3) is 0 Å². The van der Waals surface area contributed by atoms with Crippen molar-refractivity contribution < 1.29 is 14.3 Å². The zero-order valence-corrected chi connectivity index (χ0v) is 16.3. The monoisotopic (exact) mass is 370 g/mol. The second-order valence-corrected chi connectivity index (χ2v) is 7.11. The van der Waals surface area contributed by atoms with Crippen LogP contribution in [0, 0.1) is 0 Å². The number of aromatic amines is 1. The van der Waals surface area contributed by atoms with Crippen molar-refractivity contribution in [2.24, 2.45) is 0 Å². The van der Waals surface area contributed by atoms with Crippen LogP contribution in [0.2, 0.25) is 0 Å². The van der Waals surface area contributed by atoms with E-state index >= 15 is 0 Å². The van der Waals surface area contributed by atoms with E-state index < -0.39 is 0 Å². The molecule has 2 heterocycles. The lowest BCUT2D eigenvalue weighted by atomic mass is 10.0. The van der Waals surface area contributed by atoms with Gasteiger partial charge in [0.1, 0.15) is 0 Å². The maximum atomic E-state index is 13.0. The Morgan fingerprint density at radius 1 is 1.00 bits per heavy atom. The second-order valence-electron chi connectivity index (χ2n) is 7.11. The highest BCUT2D eigenvalue weighted by molar-refractivity contribution is 5.94. The van der Waals surface area contributed by atoms with Crippen LogP contribution < -0.4 is 15.0 Å². The Bertz CT molecular complexity index is 867. The molecule has 0 bridgehead atoms. The summed E-state index contributed by atoms with van der Waals surface area (Å²) in [7, 11) is 3.24. The van der Waals surface area contributed by atoms with Gasteiger partial charge < -0.3 is 19.4 Å². The van der Waals surface area contributed by atoms with Gasteiger partial charge in [0.25, 0.3) is 5.91 Å². The van der Waals surface area contributed by atoms with Crippen molar-refractivity contribution in [2.45, 2.75) is 32.6 Å². The third-order valence-corrected chi connectivity index (χ3v) is 5.03. The van der Waals surface area contributed by atoms with E-state index in [4.69, 9.17) is 9.47 Å². The first kappa shape index (κ1) is 19.0. The number of rotatable bonds is 4. The van der Waals surface area contributed by atoms with Gasteiger partial charge in [-0.05, 0) is 48.1 Å². The summed E-state index contributed by atoms with van der Waals surface area (Å²) in [5.41, 5.74) is 3.31. The lowest BCUT2D eigenvalue weighted by Crippen LogP contribution is -2.34. The topological polar surface area (TPSA) is 71.6 Å². The van der Waals surface area contributed by atoms with Crippen molar-refractivity contribution in [3.63, 3.8) is 0 Å². The maximum Gasteiger partial charge on any atom is 0.254 e. The summed E-state index contributed by atoms with van der Waals surface area (Å²) in [5.74, 6) is 1.45. The van der Waals surface area contributed by atoms with E-state index in [1.807, 2.05) is 30.9 Å². The van der Waals surface area contributed by atoms with Gasteiger partial charge in [0.2, 0.25) is 5.56 Å². The van der Waals surface area contributed by atoms with Crippen molar-refractivity contribution in [1.29, 1.82) is 0 Å². The Labute approximate surface area is 159 Å². The van der Waals surface area contributed by atoms with Crippen molar-refractivity contribution in [3.8, 4) is 11.5 Å². The van der Waals surface area contributed by atoms with Crippen LogP contribution in [-0.4, -0.2) is 43.1 Å². The SMILES string of the molecule is COc1cc2c(cc1OC)CCN(C(=O)c1cc(C(C)C)[nH]c(=O)c1)CC2. The van der Waals surface area contributed by atoms with Gasteiger partial charge in [-0.2, -0.15) is 0 Å². The molecule has 0 spiro atoms. The Balaban J connectivity index is 1.84. The molecule has 0 unspecified atom stereocenters. The number of H-pyrrole nitrogens is 1. The molecule has 1 amide bonds. The highest BCUT2D eigenvalue weighted by Gasteiger charge is 2.22. The third kappa shape index (κ3) is 3.99. The number of pyridine rings is 1. The summed E-state index contributed by atoms with van der Waals surface area (Å²) in [5, 5.41) is 0. The number of nitrogens with one attached hydrogen (secondary N) is 1. The number of amides is 1. The molecule has 6 nitrogen and oxygen atoms in total. The first-order valence-electron chi connectivity index (χ1n) is 9.20. The third-order valence-electron chi connectivity index (χ3n) is 5.03. The fraction of sp³-hybridized carbons (Fsp3) is 0.429. The Morgan fingerprint density at radius 3 is 2.04 bits per heavy atom. The van der Waals surface area contributed by atoms with E-state index in [9.17, 15) is 9.59 Å². The molecule has 27 heavy (non-hydrogen) atoms. The van der Waals surface area contributed by atoms with Crippen LogP contribution >= 0.6 is 0 Å². The molecule has 1 aliphatic rings. The van der Waals surface area contributed by atoms with Crippen molar-refractivity contribution in [2.75, 3.05) is 27.3 Å². The van der Waals surface area contributed by atoms with Gasteiger partial charge in [-0.3, -0.25) is 9.59 Å². The van der Waals surface area contributed by atoms with Crippen molar-refractivity contribution in [1.82, 2.24) is 9.88 Å². The Morgan fingerprint density at radius 2 is 1.56 bits per heavy atom. The number of methoxy groups -OCH3 is 2. The van der Waals surface area contributed by atoms with E-state index in [-0.39, 0.29) is 17.4 Å². The normalized spacial score (nSPS) is 13.9. The molecule has 1 N–H and O–H groups in total. The number of nitrogens with zero attached hydrogens (tertiary/aromatic N) is 1. The average Bonchev–Trinajstić information content (AvgIpc) is 2.87. The fourth-order valence-electron chi connectivity index (χ4n) is 3.44. The van der Waals surface area contributed by atoms with Gasteiger partial charge in [0.15, 0.2) is 11.5 Å². The number of carbonyl (C=O) groups excluding carboxylic acids is 1. The highest BCUT2D eigenvalue weighted by Crippen LogP contribution is 2.32. The molecule has 1 aromatic carbocycles. The molecule has 1 aliphatic heterocycles. The van der Waals surface area contributed by atoms with E-state index in [0.29, 0.717) is 30.2 Å². The molecule has 0 fully saturated rings. The van der Waals surface area contributed by atoms with E-state index in [1.165, 1.54) is 6.07 Å². The van der Waals surface area contributed by atoms with Crippen LogP contribution in [0.4, 0.5) is 0 Å². The van der Waals surface area contributed by atoms with E-state index in [0.717, 1.165) is 29.7 Å². The molecule has 1 aromatic heterocycles. The molecule has 0 saturated carbocycles. The zero-order chi connectivity index (χ0) is 19.6. The molecule has 0 atom stereocenters. The minimum atomic E-state index is -0.239. The van der Waals surface area contributed by atoms with Gasteiger partial charge >= 0.3 is 0 Å². The van der Waals surface area contributed by atoms with E-state index in [1.54, 1.807) is 20.3 Å². The number of hydrogen-bond donors (Lipinski definition) is 1. The first-order chi connectivity index (χ1) is 12.9. The summed E-state index contributed by atoms with van der Waals surface area (Å²) in [6.45, 7) is 5.18. The number of ether oxygens (including phenoxy) is 2. The van der Waals surface area contributed by atoms with Crippen LogP contribution in [0.15, 0.2) is 29.1 Å². The predicted octanol–water partition coefficient (Wildman–Crippen LogP) is 2.76. The van der Waals surface area contributed by atoms with Gasteiger partial charge in [-0.25, -0.2) is 0 Å². The van der Waals surface area contributed by atoms with Crippen molar-refractivity contribution in [3.05, 3.63) is 57.0 Å². The summed E-state index contributed by atoms with van der Waals surface area (Å²) >= 11 is 0. The number of hydrogen-bond acceptors (Lipinski definition) is 4. The van der Waals surface area contributed by atoms with Gasteiger partial charge in [0.05, 0.1) is 14.2 Å². The summed E-state index contributed by atoms with van der Waals surface area (Å²) < 4.78 is 10.8. The fourth-order valence-corrected chi connectivity index (χ4v) is 3.44. The zero-order valence-electron chi connectivity index (χ0n) is 16.3. The largest absolute Gasteiger partial charge is 0.493 e.